The minimum absolute atomic E-state index is 0.162. The summed E-state index contributed by atoms with van der Waals surface area (Å²) in [5.41, 5.74) is 2.83. The van der Waals surface area contributed by atoms with Crippen LogP contribution >= 0.6 is 11.6 Å². The number of benzene rings is 1. The Hall–Kier alpha value is -3.84. The molecular weight excluding hydrogens is 443 g/mol. The number of carbonyl (C=O) groups is 1. The first-order valence-corrected chi connectivity index (χ1v) is 10.6. The highest BCUT2D eigenvalue weighted by atomic mass is 35.5. The van der Waals surface area contributed by atoms with Gasteiger partial charge in [0.15, 0.2) is 11.4 Å². The first kappa shape index (κ1) is 21.0. The quantitative estimate of drug-likeness (QED) is 0.292. The van der Waals surface area contributed by atoms with Crippen LogP contribution in [-0.4, -0.2) is 25.3 Å². The van der Waals surface area contributed by atoms with Gasteiger partial charge in [-0.25, -0.2) is 14.4 Å². The number of Topliss-reactive ketones (excluding diaryl/α,β-unsaturated/α-hetero) is 1. The molecule has 0 atom stereocenters. The Morgan fingerprint density at radius 2 is 2.03 bits per heavy atom. The van der Waals surface area contributed by atoms with Crippen LogP contribution in [0.15, 0.2) is 59.7 Å². The lowest BCUT2D eigenvalue weighted by Crippen LogP contribution is -2.12. The molecular formula is C25H18ClFN4O2. The molecule has 0 aliphatic rings. The molecule has 5 aromatic rings. The number of carbonyl (C=O) groups excluding carboxylic acids is 1. The highest BCUT2D eigenvalue weighted by Crippen LogP contribution is 2.36. The van der Waals surface area contributed by atoms with Crippen molar-refractivity contribution in [1.82, 2.24) is 19.5 Å². The van der Waals surface area contributed by atoms with Crippen LogP contribution in [-0.2, 0) is 6.54 Å². The molecule has 4 aromatic heterocycles. The van der Waals surface area contributed by atoms with Crippen molar-refractivity contribution in [3.8, 4) is 11.1 Å². The van der Waals surface area contributed by atoms with Gasteiger partial charge < -0.3 is 9.55 Å². The largest absolute Gasteiger partial charge is 0.333 e. The van der Waals surface area contributed by atoms with E-state index in [1.807, 2.05) is 12.1 Å². The standard InChI is InChI=1S/C25H18ClFN4O2/c1-13-9-18-20(11-19(13)27)31(12-16-10-15-5-3-7-28-24(15)30-23(16)26)22(14(2)32)21(18)17-6-4-8-29-25(17)33/h3-11H,12H2,1-2H3,(H,29,33). The zero-order valence-corrected chi connectivity index (χ0v) is 18.6. The Labute approximate surface area is 192 Å². The molecule has 1 aromatic carbocycles. The number of hydrogen-bond acceptors (Lipinski definition) is 4. The van der Waals surface area contributed by atoms with Crippen LogP contribution in [0.3, 0.4) is 0 Å². The molecule has 6 nitrogen and oxygen atoms in total. The number of fused-ring (bicyclic) bond motifs is 2. The Balaban J connectivity index is 1.84. The lowest BCUT2D eigenvalue weighted by Gasteiger charge is -2.12. The molecule has 0 saturated carbocycles. The second-order valence-corrected chi connectivity index (χ2v) is 8.24. The molecule has 0 aliphatic carbocycles. The number of nitrogens with zero attached hydrogens (tertiary/aromatic N) is 3. The van der Waals surface area contributed by atoms with Gasteiger partial charge in [-0.2, -0.15) is 0 Å². The van der Waals surface area contributed by atoms with E-state index in [0.717, 1.165) is 5.39 Å². The van der Waals surface area contributed by atoms with Gasteiger partial charge in [0.05, 0.1) is 17.8 Å². The summed E-state index contributed by atoms with van der Waals surface area (Å²) in [6, 6.07) is 11.9. The fraction of sp³-hybridized carbons (Fsp3) is 0.120. The Kier molecular flexibility index (Phi) is 5.06. The number of nitrogens with one attached hydrogen (secondary N) is 1. The van der Waals surface area contributed by atoms with Gasteiger partial charge in [0.1, 0.15) is 11.0 Å². The number of pyridine rings is 3. The monoisotopic (exact) mass is 460 g/mol. The van der Waals surface area contributed by atoms with Crippen molar-refractivity contribution in [1.29, 1.82) is 0 Å². The van der Waals surface area contributed by atoms with Gasteiger partial charge in [0, 0.05) is 46.8 Å². The molecule has 0 fully saturated rings. The second-order valence-electron chi connectivity index (χ2n) is 7.89. The van der Waals surface area contributed by atoms with E-state index < -0.39 is 5.82 Å². The van der Waals surface area contributed by atoms with E-state index in [2.05, 4.69) is 15.0 Å². The molecule has 0 bridgehead atoms. The molecule has 33 heavy (non-hydrogen) atoms. The van der Waals surface area contributed by atoms with Crippen LogP contribution in [0, 0.1) is 12.7 Å². The third-order valence-electron chi connectivity index (χ3n) is 5.71. The maximum Gasteiger partial charge on any atom is 0.255 e. The van der Waals surface area contributed by atoms with Crippen LogP contribution in [0.4, 0.5) is 4.39 Å². The number of aryl methyl sites for hydroxylation is 1. The van der Waals surface area contributed by atoms with E-state index in [1.165, 1.54) is 19.2 Å². The third kappa shape index (κ3) is 3.50. The van der Waals surface area contributed by atoms with Gasteiger partial charge in [-0.3, -0.25) is 9.59 Å². The second kappa shape index (κ2) is 7.94. The Morgan fingerprint density at radius 1 is 1.21 bits per heavy atom. The summed E-state index contributed by atoms with van der Waals surface area (Å²) in [4.78, 5) is 36.8. The zero-order chi connectivity index (χ0) is 23.3. The molecule has 0 spiro atoms. The van der Waals surface area contributed by atoms with E-state index >= 15 is 0 Å². The minimum atomic E-state index is -0.406. The van der Waals surface area contributed by atoms with E-state index in [1.54, 1.807) is 42.0 Å². The van der Waals surface area contributed by atoms with Crippen molar-refractivity contribution in [2.45, 2.75) is 20.4 Å². The highest BCUT2D eigenvalue weighted by molar-refractivity contribution is 6.30. The molecule has 8 heteroatoms. The molecule has 5 rings (SSSR count). The summed E-state index contributed by atoms with van der Waals surface area (Å²) in [6.07, 6.45) is 3.16. The average molecular weight is 461 g/mol. The van der Waals surface area contributed by atoms with Gasteiger partial charge >= 0.3 is 0 Å². The lowest BCUT2D eigenvalue weighted by molar-refractivity contribution is 0.101. The third-order valence-corrected chi connectivity index (χ3v) is 6.04. The van der Waals surface area contributed by atoms with Crippen molar-refractivity contribution in [2.75, 3.05) is 0 Å². The summed E-state index contributed by atoms with van der Waals surface area (Å²) in [5.74, 6) is -0.661. The Morgan fingerprint density at radius 3 is 2.79 bits per heavy atom. The summed E-state index contributed by atoms with van der Waals surface area (Å²) in [7, 11) is 0. The number of ketones is 1. The normalized spacial score (nSPS) is 11.4. The van der Waals surface area contributed by atoms with Crippen molar-refractivity contribution in [3.63, 3.8) is 0 Å². The summed E-state index contributed by atoms with van der Waals surface area (Å²) < 4.78 is 16.4. The van der Waals surface area contributed by atoms with Gasteiger partial charge in [-0.05, 0) is 55.0 Å². The Bertz CT molecular complexity index is 1640. The summed E-state index contributed by atoms with van der Waals surface area (Å²) in [6.45, 7) is 3.24. The molecule has 0 radical (unpaired) electrons. The predicted octanol–water partition coefficient (Wildman–Crippen LogP) is 5.29. The fourth-order valence-electron chi connectivity index (χ4n) is 4.21. The fourth-order valence-corrected chi connectivity index (χ4v) is 4.40. The van der Waals surface area contributed by atoms with Crippen LogP contribution in [0.5, 0.6) is 0 Å². The molecule has 1 N–H and O–H groups in total. The highest BCUT2D eigenvalue weighted by Gasteiger charge is 2.25. The van der Waals surface area contributed by atoms with Crippen molar-refractivity contribution < 1.29 is 9.18 Å². The van der Waals surface area contributed by atoms with E-state index in [4.69, 9.17) is 11.6 Å². The minimum Gasteiger partial charge on any atom is -0.333 e. The number of halogens is 2. The van der Waals surface area contributed by atoms with Crippen molar-refractivity contribution in [3.05, 3.63) is 93.0 Å². The molecule has 0 amide bonds. The molecule has 4 heterocycles. The molecule has 164 valence electrons. The predicted molar refractivity (Wildman–Crippen MR) is 126 cm³/mol. The number of rotatable bonds is 4. The molecule has 0 unspecified atom stereocenters. The smallest absolute Gasteiger partial charge is 0.255 e. The molecule has 0 saturated heterocycles. The first-order valence-electron chi connectivity index (χ1n) is 10.3. The van der Waals surface area contributed by atoms with Crippen LogP contribution in [0.1, 0.15) is 28.5 Å². The van der Waals surface area contributed by atoms with E-state index in [9.17, 15) is 14.0 Å². The average Bonchev–Trinajstić information content (AvgIpc) is 3.08. The van der Waals surface area contributed by atoms with Gasteiger partial charge in [0.25, 0.3) is 5.56 Å². The molecule has 0 aliphatic heterocycles. The number of aromatic amines is 1. The van der Waals surface area contributed by atoms with Crippen LogP contribution in [0.2, 0.25) is 5.15 Å². The maximum absolute atomic E-state index is 14.7. The van der Waals surface area contributed by atoms with Gasteiger partial charge in [0.2, 0.25) is 0 Å². The first-order chi connectivity index (χ1) is 15.8. The van der Waals surface area contributed by atoms with E-state index in [0.29, 0.717) is 44.5 Å². The van der Waals surface area contributed by atoms with Gasteiger partial charge in [-0.1, -0.05) is 11.6 Å². The number of hydrogen-bond donors (Lipinski definition) is 1. The SMILES string of the molecule is CC(=O)c1c(-c2ccc[nH]c2=O)c2cc(C)c(F)cc2n1Cc1cc2cccnc2nc1Cl. The van der Waals surface area contributed by atoms with Crippen LogP contribution in [0.25, 0.3) is 33.1 Å². The maximum atomic E-state index is 14.7. The van der Waals surface area contributed by atoms with E-state index in [-0.39, 0.29) is 23.0 Å². The topological polar surface area (TPSA) is 80.6 Å². The van der Waals surface area contributed by atoms with Gasteiger partial charge in [-0.15, -0.1) is 0 Å². The number of H-pyrrole nitrogens is 1. The zero-order valence-electron chi connectivity index (χ0n) is 17.8. The lowest BCUT2D eigenvalue weighted by atomic mass is 10.0. The van der Waals surface area contributed by atoms with Crippen molar-refractivity contribution >= 4 is 39.3 Å². The van der Waals surface area contributed by atoms with Crippen LogP contribution < -0.4 is 5.56 Å². The van der Waals surface area contributed by atoms with Crippen molar-refractivity contribution in [2.24, 2.45) is 0 Å². The number of aromatic nitrogens is 4. The summed E-state index contributed by atoms with van der Waals surface area (Å²) in [5, 5.41) is 1.64. The summed E-state index contributed by atoms with van der Waals surface area (Å²) >= 11 is 6.46.